The van der Waals surface area contributed by atoms with Crippen molar-refractivity contribution < 1.29 is 23.2 Å². The molecule has 0 aromatic heterocycles. The van der Waals surface area contributed by atoms with Gasteiger partial charge >= 0.3 is 0 Å². The summed E-state index contributed by atoms with van der Waals surface area (Å²) in [5.74, 6) is -1.35. The summed E-state index contributed by atoms with van der Waals surface area (Å²) in [7, 11) is 0. The Balaban J connectivity index is 1.88. The van der Waals surface area contributed by atoms with Crippen LogP contribution in [-0.4, -0.2) is 17.4 Å². The molecule has 23 heavy (non-hydrogen) atoms. The van der Waals surface area contributed by atoms with E-state index < -0.39 is 22.5 Å². The molecule has 2 rings (SSSR count). The number of carbonyl (C=O) groups is 1. The van der Waals surface area contributed by atoms with Crippen LogP contribution in [0.4, 0.5) is 20.2 Å². The van der Waals surface area contributed by atoms with Crippen molar-refractivity contribution in [2.45, 2.75) is 6.42 Å². The van der Waals surface area contributed by atoms with Gasteiger partial charge in [0.1, 0.15) is 17.4 Å². The zero-order valence-electron chi connectivity index (χ0n) is 11.8. The number of nitro groups is 1. The summed E-state index contributed by atoms with van der Waals surface area (Å²) in [6.07, 6.45) is -0.0977. The predicted octanol–water partition coefficient (Wildman–Crippen LogP) is 3.28. The number of nitro benzene ring substituents is 1. The van der Waals surface area contributed by atoms with E-state index in [9.17, 15) is 23.7 Å². The first kappa shape index (κ1) is 16.3. The van der Waals surface area contributed by atoms with Gasteiger partial charge < -0.3 is 10.1 Å². The van der Waals surface area contributed by atoms with E-state index >= 15 is 0 Å². The van der Waals surface area contributed by atoms with E-state index in [1.54, 1.807) is 0 Å². The standard InChI is InChI=1S/C15H12F2N2O4/c16-10-1-4-12(5-2-10)23-8-7-15(20)18-14-9-11(19(21)22)3-6-13(14)17/h1-6,9H,7-8H2,(H,18,20). The number of hydrogen-bond acceptors (Lipinski definition) is 4. The van der Waals surface area contributed by atoms with Gasteiger partial charge in [0.2, 0.25) is 5.91 Å². The van der Waals surface area contributed by atoms with Crippen LogP contribution in [0, 0.1) is 21.7 Å². The maximum atomic E-state index is 13.5. The number of hydrogen-bond donors (Lipinski definition) is 1. The van der Waals surface area contributed by atoms with Gasteiger partial charge in [-0.3, -0.25) is 14.9 Å². The number of ether oxygens (including phenoxy) is 1. The molecule has 120 valence electrons. The molecule has 0 aliphatic heterocycles. The summed E-state index contributed by atoms with van der Waals surface area (Å²) in [6, 6.07) is 8.10. The van der Waals surface area contributed by atoms with Crippen LogP contribution in [0.25, 0.3) is 0 Å². The number of nitrogens with one attached hydrogen (secondary N) is 1. The molecule has 0 atom stereocenters. The quantitative estimate of drug-likeness (QED) is 0.653. The fourth-order valence-corrected chi connectivity index (χ4v) is 1.73. The Bertz CT molecular complexity index is 720. The van der Waals surface area contributed by atoms with Gasteiger partial charge in [-0.2, -0.15) is 0 Å². The lowest BCUT2D eigenvalue weighted by Gasteiger charge is -2.08. The summed E-state index contributed by atoms with van der Waals surface area (Å²) in [6.45, 7) is -0.00594. The monoisotopic (exact) mass is 322 g/mol. The van der Waals surface area contributed by atoms with Crippen LogP contribution in [0.3, 0.4) is 0 Å². The topological polar surface area (TPSA) is 81.5 Å². The van der Waals surface area contributed by atoms with Crippen LogP contribution in [0.2, 0.25) is 0 Å². The van der Waals surface area contributed by atoms with Crippen molar-refractivity contribution in [3.05, 3.63) is 64.2 Å². The van der Waals surface area contributed by atoms with Gasteiger partial charge in [0.25, 0.3) is 5.69 Å². The Kier molecular flexibility index (Phi) is 5.19. The highest BCUT2D eigenvalue weighted by atomic mass is 19.1. The summed E-state index contributed by atoms with van der Waals surface area (Å²) in [4.78, 5) is 21.6. The molecule has 0 saturated carbocycles. The number of halogens is 2. The number of carbonyl (C=O) groups excluding carboxylic acids is 1. The average Bonchev–Trinajstić information content (AvgIpc) is 2.51. The first-order chi connectivity index (χ1) is 11.0. The summed E-state index contributed by atoms with van der Waals surface area (Å²) in [5.41, 5.74) is -0.602. The third-order valence-corrected chi connectivity index (χ3v) is 2.85. The number of non-ortho nitro benzene ring substituents is 1. The SMILES string of the molecule is O=C(CCOc1ccc(F)cc1)Nc1cc([N+](=O)[O-])ccc1F. The van der Waals surface area contributed by atoms with E-state index in [0.29, 0.717) is 5.75 Å². The third-order valence-electron chi connectivity index (χ3n) is 2.85. The van der Waals surface area contributed by atoms with Crippen LogP contribution in [0.1, 0.15) is 6.42 Å². The van der Waals surface area contributed by atoms with Crippen molar-refractivity contribution >= 4 is 17.3 Å². The fourth-order valence-electron chi connectivity index (χ4n) is 1.73. The lowest BCUT2D eigenvalue weighted by Crippen LogP contribution is -2.16. The predicted molar refractivity (Wildman–Crippen MR) is 78.2 cm³/mol. The Hall–Kier alpha value is -3.03. The van der Waals surface area contributed by atoms with Crippen molar-refractivity contribution in [2.75, 3.05) is 11.9 Å². The maximum absolute atomic E-state index is 13.5. The number of nitrogens with zero attached hydrogens (tertiary/aromatic N) is 1. The molecule has 2 aromatic rings. The smallest absolute Gasteiger partial charge is 0.271 e. The van der Waals surface area contributed by atoms with E-state index in [-0.39, 0.29) is 24.4 Å². The highest BCUT2D eigenvalue weighted by molar-refractivity contribution is 5.91. The second-order valence-corrected chi connectivity index (χ2v) is 4.52. The van der Waals surface area contributed by atoms with Gasteiger partial charge in [0.15, 0.2) is 0 Å². The summed E-state index contributed by atoms with van der Waals surface area (Å²) in [5, 5.41) is 12.9. The van der Waals surface area contributed by atoms with Crippen molar-refractivity contribution in [1.29, 1.82) is 0 Å². The molecule has 1 amide bonds. The first-order valence-corrected chi connectivity index (χ1v) is 6.58. The van der Waals surface area contributed by atoms with Gasteiger partial charge in [0, 0.05) is 12.1 Å². The largest absolute Gasteiger partial charge is 0.493 e. The second-order valence-electron chi connectivity index (χ2n) is 4.52. The number of anilines is 1. The number of benzene rings is 2. The van der Waals surface area contributed by atoms with Crippen LogP contribution < -0.4 is 10.1 Å². The Morgan fingerprint density at radius 3 is 2.52 bits per heavy atom. The van der Waals surface area contributed by atoms with Gasteiger partial charge in [-0.15, -0.1) is 0 Å². The second kappa shape index (κ2) is 7.30. The Morgan fingerprint density at radius 2 is 1.87 bits per heavy atom. The molecule has 0 heterocycles. The molecule has 0 fully saturated rings. The Labute approximate surface area is 129 Å². The van der Waals surface area contributed by atoms with Crippen molar-refractivity contribution in [3.63, 3.8) is 0 Å². The molecule has 0 unspecified atom stereocenters. The van der Waals surface area contributed by atoms with Crippen LogP contribution >= 0.6 is 0 Å². The fraction of sp³-hybridized carbons (Fsp3) is 0.133. The molecule has 0 bridgehead atoms. The van der Waals surface area contributed by atoms with Gasteiger partial charge in [-0.1, -0.05) is 0 Å². The van der Waals surface area contributed by atoms with Crippen molar-refractivity contribution in [2.24, 2.45) is 0 Å². The molecule has 0 radical (unpaired) electrons. The number of amides is 1. The molecule has 0 spiro atoms. The van der Waals surface area contributed by atoms with Crippen LogP contribution in [-0.2, 0) is 4.79 Å². The minimum atomic E-state index is -0.775. The van der Waals surface area contributed by atoms with Gasteiger partial charge in [-0.05, 0) is 30.3 Å². The number of rotatable bonds is 6. The molecule has 2 aromatic carbocycles. The van der Waals surface area contributed by atoms with Crippen molar-refractivity contribution in [1.82, 2.24) is 0 Å². The van der Waals surface area contributed by atoms with E-state index in [4.69, 9.17) is 4.74 Å². The highest BCUT2D eigenvalue weighted by Crippen LogP contribution is 2.21. The minimum absolute atomic E-state index is 0.00594. The molecular weight excluding hydrogens is 310 g/mol. The molecule has 0 aliphatic carbocycles. The van der Waals surface area contributed by atoms with E-state index in [2.05, 4.69) is 5.32 Å². The molecule has 6 nitrogen and oxygen atoms in total. The molecular formula is C15H12F2N2O4. The average molecular weight is 322 g/mol. The minimum Gasteiger partial charge on any atom is -0.493 e. The Morgan fingerprint density at radius 1 is 1.17 bits per heavy atom. The van der Waals surface area contributed by atoms with E-state index in [1.807, 2.05) is 0 Å². The summed E-state index contributed by atoms with van der Waals surface area (Å²) < 4.78 is 31.4. The normalized spacial score (nSPS) is 10.2. The van der Waals surface area contributed by atoms with Gasteiger partial charge in [-0.25, -0.2) is 8.78 Å². The molecule has 0 saturated heterocycles. The zero-order chi connectivity index (χ0) is 16.8. The van der Waals surface area contributed by atoms with Crippen molar-refractivity contribution in [3.8, 4) is 5.75 Å². The van der Waals surface area contributed by atoms with Crippen LogP contribution in [0.15, 0.2) is 42.5 Å². The maximum Gasteiger partial charge on any atom is 0.271 e. The van der Waals surface area contributed by atoms with E-state index in [0.717, 1.165) is 18.2 Å². The molecule has 0 aliphatic rings. The van der Waals surface area contributed by atoms with Crippen LogP contribution in [0.5, 0.6) is 5.75 Å². The summed E-state index contributed by atoms with van der Waals surface area (Å²) >= 11 is 0. The van der Waals surface area contributed by atoms with Gasteiger partial charge in [0.05, 0.1) is 23.6 Å². The molecule has 8 heteroatoms. The lowest BCUT2D eigenvalue weighted by atomic mass is 10.2. The van der Waals surface area contributed by atoms with E-state index in [1.165, 1.54) is 24.3 Å². The zero-order valence-corrected chi connectivity index (χ0v) is 11.8. The highest BCUT2D eigenvalue weighted by Gasteiger charge is 2.13. The lowest BCUT2D eigenvalue weighted by molar-refractivity contribution is -0.384. The first-order valence-electron chi connectivity index (χ1n) is 6.58. The third kappa shape index (κ3) is 4.73. The molecule has 1 N–H and O–H groups in total.